The van der Waals surface area contributed by atoms with Gasteiger partial charge in [0.2, 0.25) is 0 Å². The summed E-state index contributed by atoms with van der Waals surface area (Å²) in [4.78, 5) is 0. The third-order valence-electron chi connectivity index (χ3n) is 6.82. The number of nitrogens with zero attached hydrogens (tertiary/aromatic N) is 1. The van der Waals surface area contributed by atoms with Crippen molar-refractivity contribution in [2.45, 2.75) is 0 Å². The van der Waals surface area contributed by atoms with Crippen LogP contribution in [0.3, 0.4) is 0 Å². The standard InChI is InChI=1S/C30H20BNO2S.2F2.FH/c33-31(34)21-12-14-25-24-13-10-20(17-29(24)35-30(25)18-21)19-11-15-28-26(16-19)23-8-4-5-9-27(23)32(28)22-6-2-1-3-7-22;2*1-2;/h1-18,33-34H;;;1H. The SMILES string of the molecule is F.FF.FF.OB(O)c1ccc2c(c1)sc1cc(-c3ccc4c(c3)c3ccccc3n4-c3ccccc3)ccc12. The van der Waals surface area contributed by atoms with E-state index in [2.05, 4.69) is 89.5 Å². The second-order valence-corrected chi connectivity index (χ2v) is 9.95. The van der Waals surface area contributed by atoms with Crippen molar-refractivity contribution >= 4 is 65.9 Å². The van der Waals surface area contributed by atoms with Gasteiger partial charge in [-0.25, -0.2) is 0 Å². The summed E-state index contributed by atoms with van der Waals surface area (Å²) in [5, 5.41) is 23.9. The zero-order valence-electron chi connectivity index (χ0n) is 20.6. The number of halogens is 5. The first kappa shape index (κ1) is 28.8. The molecular formula is C30H21BF5NO2S. The molecule has 7 rings (SSSR count). The van der Waals surface area contributed by atoms with Crippen molar-refractivity contribution in [2.24, 2.45) is 0 Å². The predicted molar refractivity (Wildman–Crippen MR) is 156 cm³/mol. The van der Waals surface area contributed by atoms with Crippen LogP contribution in [0.1, 0.15) is 0 Å². The Kier molecular flexibility index (Phi) is 8.84. The first-order chi connectivity index (χ1) is 19.2. The van der Waals surface area contributed by atoms with Gasteiger partial charge in [0.05, 0.1) is 11.0 Å². The topological polar surface area (TPSA) is 45.4 Å². The summed E-state index contributed by atoms with van der Waals surface area (Å²) >= 11 is 1.68. The maximum absolute atomic E-state index is 9.55. The fraction of sp³-hybridized carbons (Fsp3) is 0. The molecule has 0 bridgehead atoms. The Morgan fingerprint density at radius 1 is 0.550 bits per heavy atom. The molecule has 2 N–H and O–H groups in total. The lowest BCUT2D eigenvalue weighted by Gasteiger charge is -2.08. The maximum atomic E-state index is 9.55. The van der Waals surface area contributed by atoms with E-state index in [0.717, 1.165) is 15.8 Å². The molecule has 0 saturated carbocycles. The molecule has 7 aromatic rings. The largest absolute Gasteiger partial charge is 0.488 e. The molecule has 0 saturated heterocycles. The zero-order chi connectivity index (χ0) is 27.5. The molecule has 202 valence electrons. The summed E-state index contributed by atoms with van der Waals surface area (Å²) in [6.45, 7) is 0. The number of fused-ring (bicyclic) bond motifs is 6. The first-order valence-electron chi connectivity index (χ1n) is 11.9. The van der Waals surface area contributed by atoms with Gasteiger partial charge in [0.25, 0.3) is 0 Å². The third kappa shape index (κ3) is 4.92. The molecule has 3 nitrogen and oxygen atoms in total. The van der Waals surface area contributed by atoms with Crippen molar-refractivity contribution < 1.29 is 33.0 Å². The molecule has 0 spiro atoms. The molecule has 2 aromatic heterocycles. The second kappa shape index (κ2) is 12.3. The van der Waals surface area contributed by atoms with Gasteiger partial charge in [0.15, 0.2) is 0 Å². The predicted octanol–water partition coefficient (Wildman–Crippen LogP) is 8.33. The molecule has 0 unspecified atom stereocenters. The van der Waals surface area contributed by atoms with Crippen LogP contribution in [0, 0.1) is 0 Å². The summed E-state index contributed by atoms with van der Waals surface area (Å²) in [7, 11) is -1.45. The van der Waals surface area contributed by atoms with Gasteiger partial charge in [0, 0.05) is 54.9 Å². The van der Waals surface area contributed by atoms with Gasteiger partial charge in [-0.3, -0.25) is 4.70 Å². The quantitative estimate of drug-likeness (QED) is 0.167. The van der Waals surface area contributed by atoms with Crippen molar-refractivity contribution in [2.75, 3.05) is 0 Å². The van der Waals surface area contributed by atoms with Crippen LogP contribution in [-0.2, 0) is 0 Å². The van der Waals surface area contributed by atoms with Gasteiger partial charge in [-0.1, -0.05) is 66.7 Å². The molecule has 0 amide bonds. The Morgan fingerprint density at radius 2 is 1.12 bits per heavy atom. The van der Waals surface area contributed by atoms with E-state index in [4.69, 9.17) is 18.3 Å². The minimum atomic E-state index is -1.45. The number of rotatable bonds is 3. The fourth-order valence-corrected chi connectivity index (χ4v) is 6.34. The van der Waals surface area contributed by atoms with Crippen LogP contribution in [0.2, 0.25) is 0 Å². The molecule has 0 fully saturated rings. The number of thiophene rings is 1. The van der Waals surface area contributed by atoms with E-state index < -0.39 is 7.12 Å². The van der Waals surface area contributed by atoms with E-state index in [9.17, 15) is 10.0 Å². The zero-order valence-corrected chi connectivity index (χ0v) is 21.5. The van der Waals surface area contributed by atoms with Crippen molar-refractivity contribution in [3.8, 4) is 16.8 Å². The highest BCUT2D eigenvalue weighted by molar-refractivity contribution is 7.25. The van der Waals surface area contributed by atoms with Crippen LogP contribution < -0.4 is 5.46 Å². The Balaban J connectivity index is 0.000000710. The smallest absolute Gasteiger partial charge is 0.423 e. The fourth-order valence-electron chi connectivity index (χ4n) is 5.14. The van der Waals surface area contributed by atoms with Crippen molar-refractivity contribution in [3.63, 3.8) is 0 Å². The van der Waals surface area contributed by atoms with Crippen LogP contribution >= 0.6 is 11.3 Å². The minimum Gasteiger partial charge on any atom is -0.423 e. The average molecular weight is 565 g/mol. The third-order valence-corrected chi connectivity index (χ3v) is 7.93. The molecular weight excluding hydrogens is 544 g/mol. The number of aromatic nitrogens is 1. The number of para-hydroxylation sites is 2. The number of hydrogen-bond acceptors (Lipinski definition) is 3. The van der Waals surface area contributed by atoms with Crippen LogP contribution in [0.5, 0.6) is 0 Å². The van der Waals surface area contributed by atoms with Gasteiger partial charge in [0.1, 0.15) is 0 Å². The Bertz CT molecular complexity index is 1910. The molecule has 40 heavy (non-hydrogen) atoms. The molecule has 0 aliphatic rings. The second-order valence-electron chi connectivity index (χ2n) is 8.86. The average Bonchev–Trinajstić information content (AvgIpc) is 3.54. The lowest BCUT2D eigenvalue weighted by molar-refractivity contribution is 0.108. The highest BCUT2D eigenvalue weighted by Crippen LogP contribution is 2.38. The van der Waals surface area contributed by atoms with Gasteiger partial charge >= 0.3 is 7.12 Å². The Morgan fingerprint density at radius 3 is 1.85 bits per heavy atom. The van der Waals surface area contributed by atoms with E-state index in [0.29, 0.717) is 5.46 Å². The Labute approximate surface area is 229 Å². The van der Waals surface area contributed by atoms with Crippen molar-refractivity contribution in [1.29, 1.82) is 0 Å². The molecule has 0 radical (unpaired) electrons. The van der Waals surface area contributed by atoms with Crippen LogP contribution in [0.4, 0.5) is 23.0 Å². The highest BCUT2D eigenvalue weighted by atomic mass is 32.1. The normalized spacial score (nSPS) is 10.6. The van der Waals surface area contributed by atoms with Gasteiger partial charge in [-0.2, -0.15) is 0 Å². The molecule has 10 heteroatoms. The Hall–Kier alpha value is -4.25. The molecule has 2 heterocycles. The molecule has 5 aromatic carbocycles. The van der Waals surface area contributed by atoms with Crippen LogP contribution in [0.15, 0.2) is 109 Å². The van der Waals surface area contributed by atoms with Crippen LogP contribution in [-0.4, -0.2) is 21.7 Å². The van der Waals surface area contributed by atoms with Crippen LogP contribution in [0.25, 0.3) is 58.8 Å². The van der Waals surface area contributed by atoms with Crippen molar-refractivity contribution in [3.05, 3.63) is 109 Å². The number of hydrogen-bond donors (Lipinski definition) is 2. The van der Waals surface area contributed by atoms with E-state index >= 15 is 0 Å². The summed E-state index contributed by atoms with van der Waals surface area (Å²) in [5.41, 5.74) is 6.42. The maximum Gasteiger partial charge on any atom is 0.488 e. The van der Waals surface area contributed by atoms with E-state index in [1.807, 2.05) is 18.2 Å². The summed E-state index contributed by atoms with van der Waals surface area (Å²) in [6, 6.07) is 38.0. The monoisotopic (exact) mass is 565 g/mol. The van der Waals surface area contributed by atoms with Gasteiger partial charge in [-0.05, 0) is 59.1 Å². The van der Waals surface area contributed by atoms with Gasteiger partial charge < -0.3 is 14.6 Å². The summed E-state index contributed by atoms with van der Waals surface area (Å²) in [6.07, 6.45) is 0. The molecule has 0 aliphatic heterocycles. The first-order valence-corrected chi connectivity index (χ1v) is 12.7. The van der Waals surface area contributed by atoms with E-state index in [1.165, 1.54) is 43.0 Å². The van der Waals surface area contributed by atoms with Crippen molar-refractivity contribution in [1.82, 2.24) is 4.57 Å². The van der Waals surface area contributed by atoms with E-state index in [-0.39, 0.29) is 4.70 Å². The lowest BCUT2D eigenvalue weighted by Crippen LogP contribution is -2.29. The molecule has 0 atom stereocenters. The highest BCUT2D eigenvalue weighted by Gasteiger charge is 2.15. The minimum absolute atomic E-state index is 0. The summed E-state index contributed by atoms with van der Waals surface area (Å²) in [5.74, 6) is 0. The summed E-state index contributed by atoms with van der Waals surface area (Å²) < 4.78 is 36.6. The number of benzene rings is 5. The van der Waals surface area contributed by atoms with E-state index in [1.54, 1.807) is 17.4 Å². The molecule has 0 aliphatic carbocycles. The lowest BCUT2D eigenvalue weighted by atomic mass is 9.80. The van der Waals surface area contributed by atoms with Gasteiger partial charge in [-0.15, -0.1) is 11.3 Å².